The first-order chi connectivity index (χ1) is 35.6. The van der Waals surface area contributed by atoms with Crippen molar-refractivity contribution in [2.75, 3.05) is 32.1 Å². The summed E-state index contributed by atoms with van der Waals surface area (Å²) in [5.74, 6) is 2.49. The van der Waals surface area contributed by atoms with Gasteiger partial charge in [-0.2, -0.15) is 0 Å². The molecule has 25 atom stereocenters. The second-order valence-corrected chi connectivity index (χ2v) is 26.2. The van der Waals surface area contributed by atoms with E-state index in [0.29, 0.717) is 59.3 Å². The lowest BCUT2D eigenvalue weighted by Crippen LogP contribution is -2.65. The number of aliphatic hydroxyl groups is 7. The van der Waals surface area contributed by atoms with Gasteiger partial charge < -0.3 is 73.8 Å². The smallest absolute Gasteiger partial charge is 0.241 e. The molecule has 0 amide bonds. The van der Waals surface area contributed by atoms with Gasteiger partial charge in [-0.1, -0.05) is 63.6 Å². The molecular formula is C56H84N2O16S. The van der Waals surface area contributed by atoms with E-state index in [2.05, 4.69) is 38.5 Å². The number of anilines is 1. The summed E-state index contributed by atoms with van der Waals surface area (Å²) in [4.78, 5) is 2.29. The first-order valence-corrected chi connectivity index (χ1v) is 29.2. The van der Waals surface area contributed by atoms with Crippen molar-refractivity contribution in [3.63, 3.8) is 0 Å². The number of hydrogen-bond acceptors (Lipinski definition) is 17. The van der Waals surface area contributed by atoms with E-state index < -0.39 is 103 Å². The Labute approximate surface area is 442 Å². The van der Waals surface area contributed by atoms with Gasteiger partial charge in [-0.05, 0) is 130 Å². The Kier molecular flexibility index (Phi) is 16.1. The lowest BCUT2D eigenvalue weighted by Gasteiger charge is -2.58. The van der Waals surface area contributed by atoms with Crippen molar-refractivity contribution in [3.8, 4) is 0 Å². The molecule has 10 rings (SSSR count). The maximum atomic E-state index is 13.7. The molecule has 4 aliphatic heterocycles. The fourth-order valence-corrected chi connectivity index (χ4v) is 16.9. The normalized spacial score (nSPS) is 46.1. The summed E-state index contributed by atoms with van der Waals surface area (Å²) in [6.07, 6.45) is -8.29. The van der Waals surface area contributed by atoms with Crippen molar-refractivity contribution in [1.82, 2.24) is 4.72 Å². The standard InChI is InChI=1S/C56H84N2O16S/c1-27(25-57-75(66,67)42-14-10-11-33-34(42)12-9-13-38(33)58(7)8)15-18-39-28(2)43-40(71-39)24-37-35-17-16-31-23-32(19-21-55(31,5)36(35)20-22-56(37,43)6)70-54-51(74-53-48(64)46(62)44(60)29(3)68-53)49(65)50(41(26-59)72-54)73-52-47(63)45(61)30(4)69-52/h9-14,16,27-30,32,35-37,39-41,43-54,57,59-65H,15,17-26H2,1-8H3/t27-,28-,29+,30+,32+,35-,36+,37+,39+,40+,41-,43+,44+,45+,46-,47-,48-,49+,50-,51-,52+,53+,54-,55+,56+/m1/s1. The number of rotatable bonds is 15. The van der Waals surface area contributed by atoms with Gasteiger partial charge >= 0.3 is 0 Å². The Bertz CT molecular complexity index is 2480. The van der Waals surface area contributed by atoms with Crippen molar-refractivity contribution < 1.29 is 77.3 Å². The molecule has 4 heterocycles. The third-order valence-electron chi connectivity index (χ3n) is 19.8. The van der Waals surface area contributed by atoms with Crippen LogP contribution in [0.15, 0.2) is 52.9 Å². The van der Waals surface area contributed by atoms with Crippen LogP contribution in [-0.4, -0.2) is 176 Å². The van der Waals surface area contributed by atoms with Crippen LogP contribution in [-0.2, 0) is 43.2 Å². The van der Waals surface area contributed by atoms with E-state index in [9.17, 15) is 44.2 Å². The number of nitrogens with zero attached hydrogens (tertiary/aromatic N) is 1. The molecule has 2 aromatic rings. The van der Waals surface area contributed by atoms with Crippen LogP contribution < -0.4 is 9.62 Å². The monoisotopic (exact) mass is 1070 g/mol. The zero-order valence-corrected chi connectivity index (χ0v) is 45.6. The minimum atomic E-state index is -3.74. The van der Waals surface area contributed by atoms with Crippen molar-refractivity contribution in [1.29, 1.82) is 0 Å². The zero-order valence-electron chi connectivity index (χ0n) is 44.8. The van der Waals surface area contributed by atoms with E-state index in [0.717, 1.165) is 56.0 Å². The SMILES string of the molecule is C[C@H](CC[C@@H]1O[C@H]2C[C@H]3[C@@H]4CC=C5C[C@@H](O[C@@H]6O[C@H](CO)[C@@H](O[C@@H]7O[C@@H](C)[C@H](O)[C@H]7O)[C@H](O)[C@H]6O[C@@H]6O[C@@H](C)[C@H](O)[C@@H](O)[C@H]6O)CC[C@]5(C)[C@H]4CC[C@]3(C)[C@H]2[C@@H]1C)CNS(=O)(=O)c1cccc2c(N(C)C)cccc12. The van der Waals surface area contributed by atoms with E-state index in [4.69, 9.17) is 33.2 Å². The highest BCUT2D eigenvalue weighted by atomic mass is 32.2. The number of allylic oxidation sites excluding steroid dienone is 1. The molecule has 18 nitrogen and oxygen atoms in total. The highest BCUT2D eigenvalue weighted by Crippen LogP contribution is 2.69. The molecule has 7 fully saturated rings. The van der Waals surface area contributed by atoms with Crippen molar-refractivity contribution in [3.05, 3.63) is 48.0 Å². The fourth-order valence-electron chi connectivity index (χ4n) is 15.5. The van der Waals surface area contributed by atoms with Gasteiger partial charge in [0.2, 0.25) is 10.0 Å². The summed E-state index contributed by atoms with van der Waals surface area (Å²) in [5.41, 5.74) is 2.40. The summed E-state index contributed by atoms with van der Waals surface area (Å²) in [6, 6.07) is 11.2. The van der Waals surface area contributed by atoms with Gasteiger partial charge in [0.05, 0.1) is 42.0 Å². The number of ether oxygens (including phenoxy) is 7. The minimum absolute atomic E-state index is 0.0520. The number of fused-ring (bicyclic) bond motifs is 8. The van der Waals surface area contributed by atoms with Crippen LogP contribution >= 0.6 is 0 Å². The van der Waals surface area contributed by atoms with Gasteiger partial charge in [0.25, 0.3) is 0 Å². The highest BCUT2D eigenvalue weighted by Gasteiger charge is 2.65. The lowest BCUT2D eigenvalue weighted by atomic mass is 9.47. The van der Waals surface area contributed by atoms with E-state index in [-0.39, 0.29) is 35.1 Å². The van der Waals surface area contributed by atoms with Gasteiger partial charge in [0.15, 0.2) is 18.9 Å². The topological polar surface area (TPSA) is 256 Å². The summed E-state index contributed by atoms with van der Waals surface area (Å²) in [5, 5.41) is 77.3. The van der Waals surface area contributed by atoms with Gasteiger partial charge in [-0.3, -0.25) is 0 Å². The summed E-state index contributed by atoms with van der Waals surface area (Å²) < 4.78 is 74.1. The van der Waals surface area contributed by atoms with Crippen LogP contribution in [0.5, 0.6) is 0 Å². The van der Waals surface area contributed by atoms with Crippen LogP contribution in [0.2, 0.25) is 0 Å². The molecule has 75 heavy (non-hydrogen) atoms. The second kappa shape index (κ2) is 21.6. The molecule has 0 unspecified atom stereocenters. The van der Waals surface area contributed by atoms with Gasteiger partial charge in [0.1, 0.15) is 54.9 Å². The molecule has 8 aliphatic rings. The molecule has 4 saturated heterocycles. The number of benzene rings is 2. The van der Waals surface area contributed by atoms with Crippen LogP contribution in [0.3, 0.4) is 0 Å². The summed E-state index contributed by atoms with van der Waals surface area (Å²) in [7, 11) is 0.174. The Morgan fingerprint density at radius 2 is 1.43 bits per heavy atom. The van der Waals surface area contributed by atoms with Gasteiger partial charge in [-0.25, -0.2) is 13.1 Å². The molecule has 8 N–H and O–H groups in total. The Morgan fingerprint density at radius 1 is 0.760 bits per heavy atom. The molecule has 0 aromatic heterocycles. The molecule has 0 spiro atoms. The summed E-state index contributed by atoms with van der Waals surface area (Å²) in [6.45, 7) is 12.3. The van der Waals surface area contributed by atoms with Crippen molar-refractivity contribution in [2.45, 2.75) is 209 Å². The fraction of sp³-hybridized carbons (Fsp3) is 0.786. The van der Waals surface area contributed by atoms with E-state index in [1.807, 2.05) is 49.3 Å². The minimum Gasteiger partial charge on any atom is -0.394 e. The maximum absolute atomic E-state index is 13.7. The van der Waals surface area contributed by atoms with Crippen LogP contribution in [0.1, 0.15) is 99.3 Å². The number of hydrogen-bond donors (Lipinski definition) is 8. The molecule has 0 bridgehead atoms. The largest absolute Gasteiger partial charge is 0.394 e. The predicted octanol–water partition coefficient (Wildman–Crippen LogP) is 3.72. The first-order valence-electron chi connectivity index (χ1n) is 27.7. The first kappa shape index (κ1) is 55.9. The number of nitrogens with one attached hydrogen (secondary N) is 1. The average molecular weight is 1070 g/mol. The number of aliphatic hydroxyl groups excluding tert-OH is 7. The molecule has 0 radical (unpaired) electrons. The molecule has 3 saturated carbocycles. The van der Waals surface area contributed by atoms with Crippen LogP contribution in [0.4, 0.5) is 5.69 Å². The van der Waals surface area contributed by atoms with E-state index in [1.165, 1.54) is 12.5 Å². The van der Waals surface area contributed by atoms with E-state index >= 15 is 0 Å². The molecule has 2 aromatic carbocycles. The third kappa shape index (κ3) is 10.1. The van der Waals surface area contributed by atoms with Crippen molar-refractivity contribution in [2.24, 2.45) is 46.3 Å². The maximum Gasteiger partial charge on any atom is 0.241 e. The predicted molar refractivity (Wildman–Crippen MR) is 275 cm³/mol. The Morgan fingerprint density at radius 3 is 2.11 bits per heavy atom. The second-order valence-electron chi connectivity index (χ2n) is 24.5. The van der Waals surface area contributed by atoms with Gasteiger partial charge in [0, 0.05) is 37.1 Å². The lowest BCUT2D eigenvalue weighted by molar-refractivity contribution is -0.380. The zero-order chi connectivity index (χ0) is 53.6. The number of sulfonamides is 1. The highest BCUT2D eigenvalue weighted by molar-refractivity contribution is 7.89. The molecule has 420 valence electrons. The van der Waals surface area contributed by atoms with Crippen LogP contribution in [0, 0.1) is 46.3 Å². The average Bonchev–Trinajstić information content (AvgIpc) is 3.96. The Hall–Kier alpha value is -2.41. The molecule has 4 aliphatic carbocycles. The Balaban J connectivity index is 0.772. The van der Waals surface area contributed by atoms with Gasteiger partial charge in [-0.15, -0.1) is 0 Å². The van der Waals surface area contributed by atoms with Crippen LogP contribution in [0.25, 0.3) is 10.8 Å². The molecule has 19 heteroatoms. The quantitative estimate of drug-likeness (QED) is 0.118. The third-order valence-corrected chi connectivity index (χ3v) is 21.3. The molecular weight excluding hydrogens is 989 g/mol. The van der Waals surface area contributed by atoms with E-state index in [1.54, 1.807) is 13.0 Å². The summed E-state index contributed by atoms with van der Waals surface area (Å²) >= 11 is 0. The van der Waals surface area contributed by atoms with Crippen molar-refractivity contribution >= 4 is 26.5 Å².